The molecule has 0 saturated carbocycles. The number of hydrogen-bond donors (Lipinski definition) is 0. The molecular weight excluding hydrogens is 268 g/mol. The van der Waals surface area contributed by atoms with Gasteiger partial charge >= 0.3 is 0 Å². The Morgan fingerprint density at radius 1 is 1.19 bits per heavy atom. The van der Waals surface area contributed by atoms with Crippen molar-refractivity contribution in [1.82, 2.24) is 9.88 Å². The number of ether oxygens (including phenoxy) is 2. The number of aromatic nitrogens is 1. The number of benzene rings is 1. The van der Waals surface area contributed by atoms with Crippen LogP contribution in [0.1, 0.15) is 18.1 Å². The van der Waals surface area contributed by atoms with Gasteiger partial charge in [-0.05, 0) is 29.3 Å². The highest BCUT2D eigenvalue weighted by atomic mass is 16.7. The fourth-order valence-electron chi connectivity index (χ4n) is 2.25. The molecule has 0 spiro atoms. The maximum atomic E-state index is 11.8. The molecule has 1 aliphatic heterocycles. The Morgan fingerprint density at radius 3 is 2.76 bits per heavy atom. The Morgan fingerprint density at radius 2 is 2.00 bits per heavy atom. The van der Waals surface area contributed by atoms with Crippen molar-refractivity contribution < 1.29 is 14.3 Å². The van der Waals surface area contributed by atoms with Gasteiger partial charge in [0.05, 0.1) is 0 Å². The van der Waals surface area contributed by atoms with Crippen molar-refractivity contribution >= 4 is 5.91 Å². The van der Waals surface area contributed by atoms with Gasteiger partial charge in [-0.2, -0.15) is 0 Å². The first-order valence-corrected chi connectivity index (χ1v) is 6.75. The van der Waals surface area contributed by atoms with Crippen molar-refractivity contribution in [2.45, 2.75) is 20.0 Å². The van der Waals surface area contributed by atoms with Gasteiger partial charge in [0.15, 0.2) is 11.5 Å². The van der Waals surface area contributed by atoms with Crippen LogP contribution in [-0.4, -0.2) is 22.6 Å². The van der Waals surface area contributed by atoms with Crippen LogP contribution in [0, 0.1) is 0 Å². The predicted octanol–water partition coefficient (Wildman–Crippen LogP) is 2.36. The second kappa shape index (κ2) is 5.83. The highest BCUT2D eigenvalue weighted by molar-refractivity contribution is 5.73. The van der Waals surface area contributed by atoms with E-state index in [1.165, 1.54) is 0 Å². The Bertz CT molecular complexity index is 643. The molecule has 0 atom stereocenters. The molecule has 1 amide bonds. The number of hydrogen-bond acceptors (Lipinski definition) is 4. The van der Waals surface area contributed by atoms with Crippen molar-refractivity contribution in [1.29, 1.82) is 0 Å². The molecular formula is C16H16N2O3. The van der Waals surface area contributed by atoms with E-state index in [9.17, 15) is 4.79 Å². The summed E-state index contributed by atoms with van der Waals surface area (Å²) in [5.74, 6) is 1.51. The van der Waals surface area contributed by atoms with Crippen molar-refractivity contribution in [3.05, 3.63) is 53.9 Å². The summed E-state index contributed by atoms with van der Waals surface area (Å²) in [6, 6.07) is 9.57. The lowest BCUT2D eigenvalue weighted by Gasteiger charge is -2.21. The van der Waals surface area contributed by atoms with Crippen LogP contribution in [0.4, 0.5) is 0 Å². The van der Waals surface area contributed by atoms with Crippen LogP contribution in [-0.2, 0) is 17.9 Å². The summed E-state index contributed by atoms with van der Waals surface area (Å²) in [6.45, 7) is 2.90. The lowest BCUT2D eigenvalue weighted by molar-refractivity contribution is -0.130. The van der Waals surface area contributed by atoms with E-state index in [0.717, 1.165) is 22.6 Å². The molecule has 2 aromatic rings. The summed E-state index contributed by atoms with van der Waals surface area (Å²) in [7, 11) is 0. The monoisotopic (exact) mass is 284 g/mol. The second-order valence-electron chi connectivity index (χ2n) is 4.92. The molecule has 2 heterocycles. The molecule has 21 heavy (non-hydrogen) atoms. The van der Waals surface area contributed by atoms with E-state index in [0.29, 0.717) is 13.1 Å². The summed E-state index contributed by atoms with van der Waals surface area (Å²) in [4.78, 5) is 17.7. The molecule has 108 valence electrons. The van der Waals surface area contributed by atoms with Gasteiger partial charge in [0.25, 0.3) is 0 Å². The average molecular weight is 284 g/mol. The lowest BCUT2D eigenvalue weighted by atomic mass is 10.1. The number of amides is 1. The van der Waals surface area contributed by atoms with Crippen LogP contribution in [0.2, 0.25) is 0 Å². The van der Waals surface area contributed by atoms with Gasteiger partial charge in [0.2, 0.25) is 12.7 Å². The van der Waals surface area contributed by atoms with Crippen molar-refractivity contribution in [3.8, 4) is 11.5 Å². The molecule has 1 aromatic heterocycles. The third-order valence-corrected chi connectivity index (χ3v) is 3.35. The maximum Gasteiger partial charge on any atom is 0.231 e. The topological polar surface area (TPSA) is 51.7 Å². The molecule has 0 aliphatic carbocycles. The highest BCUT2D eigenvalue weighted by Gasteiger charge is 2.16. The van der Waals surface area contributed by atoms with Crippen LogP contribution in [0.5, 0.6) is 11.5 Å². The van der Waals surface area contributed by atoms with E-state index in [-0.39, 0.29) is 12.7 Å². The van der Waals surface area contributed by atoms with Crippen molar-refractivity contribution in [3.63, 3.8) is 0 Å². The first-order valence-electron chi connectivity index (χ1n) is 6.75. The Kier molecular flexibility index (Phi) is 3.73. The third-order valence-electron chi connectivity index (χ3n) is 3.35. The Labute approximate surface area is 123 Å². The molecule has 3 rings (SSSR count). The predicted molar refractivity (Wildman–Crippen MR) is 76.7 cm³/mol. The quantitative estimate of drug-likeness (QED) is 0.865. The number of nitrogens with zero attached hydrogens (tertiary/aromatic N) is 2. The highest BCUT2D eigenvalue weighted by Crippen LogP contribution is 2.32. The van der Waals surface area contributed by atoms with E-state index in [1.54, 1.807) is 24.2 Å². The Hall–Kier alpha value is -2.56. The minimum Gasteiger partial charge on any atom is -0.454 e. The van der Waals surface area contributed by atoms with Gasteiger partial charge in [0.1, 0.15) is 0 Å². The third kappa shape index (κ3) is 3.13. The van der Waals surface area contributed by atoms with Crippen LogP contribution < -0.4 is 9.47 Å². The Balaban J connectivity index is 1.75. The average Bonchev–Trinajstić information content (AvgIpc) is 2.95. The summed E-state index contributed by atoms with van der Waals surface area (Å²) in [6.07, 6.45) is 3.50. The van der Waals surface area contributed by atoms with Crippen LogP contribution in [0.15, 0.2) is 42.7 Å². The zero-order valence-electron chi connectivity index (χ0n) is 11.8. The fraction of sp³-hybridized carbons (Fsp3) is 0.250. The van der Waals surface area contributed by atoms with Crippen molar-refractivity contribution in [2.24, 2.45) is 0 Å². The van der Waals surface area contributed by atoms with Crippen LogP contribution in [0.25, 0.3) is 0 Å². The smallest absolute Gasteiger partial charge is 0.231 e. The maximum absolute atomic E-state index is 11.8. The van der Waals surface area contributed by atoms with Gasteiger partial charge in [-0.25, -0.2) is 0 Å². The van der Waals surface area contributed by atoms with E-state index in [4.69, 9.17) is 9.47 Å². The minimum absolute atomic E-state index is 0.0246. The number of pyridine rings is 1. The normalized spacial score (nSPS) is 12.2. The molecule has 0 radical (unpaired) electrons. The molecule has 0 unspecified atom stereocenters. The fourth-order valence-corrected chi connectivity index (χ4v) is 2.25. The summed E-state index contributed by atoms with van der Waals surface area (Å²) in [5, 5.41) is 0. The molecule has 5 heteroatoms. The molecule has 0 fully saturated rings. The summed E-state index contributed by atoms with van der Waals surface area (Å²) < 4.78 is 10.7. The molecule has 0 bridgehead atoms. The minimum atomic E-state index is 0.0246. The number of rotatable bonds is 4. The van der Waals surface area contributed by atoms with E-state index >= 15 is 0 Å². The van der Waals surface area contributed by atoms with Crippen LogP contribution in [0.3, 0.4) is 0 Å². The number of fused-ring (bicyclic) bond motifs is 1. The van der Waals surface area contributed by atoms with Crippen molar-refractivity contribution in [2.75, 3.05) is 6.79 Å². The first kappa shape index (κ1) is 13.4. The molecule has 0 saturated heterocycles. The second-order valence-corrected chi connectivity index (χ2v) is 4.92. The molecule has 1 aliphatic rings. The van der Waals surface area contributed by atoms with Gasteiger partial charge in [-0.15, -0.1) is 0 Å². The van der Waals surface area contributed by atoms with Gasteiger partial charge in [-0.1, -0.05) is 12.1 Å². The van der Waals surface area contributed by atoms with Gasteiger partial charge in [0, 0.05) is 32.4 Å². The van der Waals surface area contributed by atoms with E-state index < -0.39 is 0 Å². The standard InChI is InChI=1S/C16H16N2O3/c1-12(19)18(10-14-3-2-6-17-8-14)9-13-4-5-15-16(7-13)21-11-20-15/h2-8H,9-11H2,1H3. The van der Waals surface area contributed by atoms with E-state index in [2.05, 4.69) is 4.98 Å². The van der Waals surface area contributed by atoms with Crippen LogP contribution >= 0.6 is 0 Å². The number of carbonyl (C=O) groups is 1. The van der Waals surface area contributed by atoms with Gasteiger partial charge in [-0.3, -0.25) is 9.78 Å². The summed E-state index contributed by atoms with van der Waals surface area (Å²) >= 11 is 0. The number of carbonyl (C=O) groups excluding carboxylic acids is 1. The zero-order chi connectivity index (χ0) is 14.7. The van der Waals surface area contributed by atoms with E-state index in [1.807, 2.05) is 30.3 Å². The SMILES string of the molecule is CC(=O)N(Cc1cccnc1)Cc1ccc2c(c1)OCO2. The first-order chi connectivity index (χ1) is 10.2. The zero-order valence-corrected chi connectivity index (χ0v) is 11.8. The molecule has 5 nitrogen and oxygen atoms in total. The molecule has 1 aromatic carbocycles. The largest absolute Gasteiger partial charge is 0.454 e. The lowest BCUT2D eigenvalue weighted by Crippen LogP contribution is -2.27. The summed E-state index contributed by atoms with van der Waals surface area (Å²) in [5.41, 5.74) is 2.02. The molecule has 0 N–H and O–H groups in total. The van der Waals surface area contributed by atoms with Gasteiger partial charge < -0.3 is 14.4 Å².